The van der Waals surface area contributed by atoms with E-state index < -0.39 is 0 Å². The summed E-state index contributed by atoms with van der Waals surface area (Å²) >= 11 is 4.16. The molecule has 0 nitrogen and oxygen atoms in total. The Balaban J connectivity index is 2.63. The highest BCUT2D eigenvalue weighted by atomic mass is 32.1. The van der Waals surface area contributed by atoms with Crippen LogP contribution in [-0.2, 0) is 0 Å². The van der Waals surface area contributed by atoms with Crippen LogP contribution in [0.1, 0.15) is 13.3 Å². The molecule has 0 spiro atoms. The molecular weight excluding hydrogens is 111 g/mol. The van der Waals surface area contributed by atoms with Crippen molar-refractivity contribution in [2.45, 2.75) is 18.6 Å². The topological polar surface area (TPSA) is 0 Å². The first-order valence-corrected chi connectivity index (χ1v) is 3.48. The van der Waals surface area contributed by atoms with Gasteiger partial charge in [0.1, 0.15) is 0 Å². The molecule has 0 aliphatic rings. The highest BCUT2D eigenvalue weighted by Crippen LogP contribution is 2.00. The number of hydrogen-bond acceptors (Lipinski definition) is 1. The van der Waals surface area contributed by atoms with Gasteiger partial charge in [-0.15, -0.1) is 9.24 Å². The maximum absolute atomic E-state index is 4.16. The van der Waals surface area contributed by atoms with E-state index in [2.05, 4.69) is 28.8 Å². The molecule has 0 aromatic heterocycles. The maximum atomic E-state index is 4.16. The summed E-state index contributed by atoms with van der Waals surface area (Å²) in [4.78, 5) is 0. The molecule has 0 amide bonds. The van der Waals surface area contributed by atoms with E-state index in [1.807, 2.05) is 0 Å². The van der Waals surface area contributed by atoms with Crippen molar-refractivity contribution in [3.8, 4) is 0 Å². The molecule has 0 radical (unpaired) electrons. The van der Waals surface area contributed by atoms with E-state index in [4.69, 9.17) is 0 Å². The Morgan fingerprint density at radius 2 is 2.33 bits per heavy atom. The third kappa shape index (κ3) is 4.78. The van der Waals surface area contributed by atoms with E-state index >= 15 is 0 Å². The van der Waals surface area contributed by atoms with Crippen molar-refractivity contribution in [3.05, 3.63) is 0 Å². The van der Waals surface area contributed by atoms with Crippen LogP contribution in [0.2, 0.25) is 0 Å². The summed E-state index contributed by atoms with van der Waals surface area (Å²) in [6.45, 7) is 2.10. The molecule has 0 aliphatic heterocycles. The standard InChI is InChI=1S/C4H11PS/c1-4(6)2-3-5/h4,6H,2-3,5H2,1H3. The minimum atomic E-state index is 0.572. The summed E-state index contributed by atoms with van der Waals surface area (Å²) in [6.07, 6.45) is 2.37. The summed E-state index contributed by atoms with van der Waals surface area (Å²) < 4.78 is 0. The summed E-state index contributed by atoms with van der Waals surface area (Å²) in [6, 6.07) is 0. The lowest BCUT2D eigenvalue weighted by molar-refractivity contribution is 0.925. The summed E-state index contributed by atoms with van der Waals surface area (Å²) in [5, 5.41) is 0.572. The maximum Gasteiger partial charge on any atom is -0.000841 e. The largest absolute Gasteiger partial charge is 0.176 e. The second-order valence-electron chi connectivity index (χ2n) is 1.43. The Bertz CT molecular complexity index is 28.7. The third-order valence-corrected chi connectivity index (χ3v) is 1.18. The Labute approximate surface area is 47.3 Å². The quantitative estimate of drug-likeness (QED) is 0.417. The molecule has 0 aromatic rings. The van der Waals surface area contributed by atoms with Crippen molar-refractivity contribution >= 4 is 21.9 Å². The van der Waals surface area contributed by atoms with E-state index in [0.717, 1.165) is 0 Å². The molecule has 38 valence electrons. The van der Waals surface area contributed by atoms with Gasteiger partial charge in [0.05, 0.1) is 0 Å². The summed E-state index contributed by atoms with van der Waals surface area (Å²) in [7, 11) is 2.67. The number of hydrogen-bond donors (Lipinski definition) is 1. The first-order valence-electron chi connectivity index (χ1n) is 2.15. The molecule has 0 bridgehead atoms. The Kier molecular flexibility index (Phi) is 4.47. The highest BCUT2D eigenvalue weighted by molar-refractivity contribution is 7.80. The Hall–Kier alpha value is 0.780. The van der Waals surface area contributed by atoms with Gasteiger partial charge in [0, 0.05) is 0 Å². The molecule has 0 heterocycles. The van der Waals surface area contributed by atoms with Gasteiger partial charge in [0.2, 0.25) is 0 Å². The molecule has 0 aliphatic carbocycles. The Morgan fingerprint density at radius 3 is 2.33 bits per heavy atom. The van der Waals surface area contributed by atoms with Crippen LogP contribution in [0.15, 0.2) is 0 Å². The second kappa shape index (κ2) is 3.95. The van der Waals surface area contributed by atoms with Gasteiger partial charge < -0.3 is 0 Å². The van der Waals surface area contributed by atoms with Crippen molar-refractivity contribution < 1.29 is 0 Å². The number of rotatable bonds is 2. The zero-order valence-electron chi connectivity index (χ0n) is 4.02. The average molecular weight is 122 g/mol. The van der Waals surface area contributed by atoms with Crippen LogP contribution in [0.4, 0.5) is 0 Å². The monoisotopic (exact) mass is 122 g/mol. The molecule has 0 saturated carbocycles. The lowest BCUT2D eigenvalue weighted by atomic mass is 10.4. The highest BCUT2D eigenvalue weighted by Gasteiger charge is 1.86. The normalized spacial score (nSPS) is 14.5. The lowest BCUT2D eigenvalue weighted by Gasteiger charge is -1.95. The van der Waals surface area contributed by atoms with Gasteiger partial charge in [-0.2, -0.15) is 12.6 Å². The molecule has 0 rings (SSSR count). The SMILES string of the molecule is CC(S)CCP. The van der Waals surface area contributed by atoms with Crippen molar-refractivity contribution in [1.29, 1.82) is 0 Å². The van der Waals surface area contributed by atoms with Gasteiger partial charge >= 0.3 is 0 Å². The van der Waals surface area contributed by atoms with Crippen LogP contribution in [0.25, 0.3) is 0 Å². The van der Waals surface area contributed by atoms with Crippen LogP contribution < -0.4 is 0 Å². The first-order chi connectivity index (χ1) is 2.77. The molecule has 2 atom stereocenters. The molecular formula is C4H11PS. The molecule has 2 heteroatoms. The molecule has 0 fully saturated rings. The fourth-order valence-electron chi connectivity index (χ4n) is 0.241. The fourth-order valence-corrected chi connectivity index (χ4v) is 1.17. The van der Waals surface area contributed by atoms with Crippen molar-refractivity contribution in [2.24, 2.45) is 0 Å². The smallest absolute Gasteiger partial charge is 0.000841 e. The van der Waals surface area contributed by atoms with Crippen molar-refractivity contribution in [3.63, 3.8) is 0 Å². The zero-order valence-corrected chi connectivity index (χ0v) is 6.07. The second-order valence-corrected chi connectivity index (χ2v) is 2.89. The Morgan fingerprint density at radius 1 is 1.83 bits per heavy atom. The summed E-state index contributed by atoms with van der Waals surface area (Å²) in [5.41, 5.74) is 0. The fraction of sp³-hybridized carbons (Fsp3) is 1.00. The predicted molar refractivity (Wildman–Crippen MR) is 37.6 cm³/mol. The average Bonchev–Trinajstić information content (AvgIpc) is 1.35. The van der Waals surface area contributed by atoms with Gasteiger partial charge in [-0.25, -0.2) is 0 Å². The number of thiol groups is 1. The van der Waals surface area contributed by atoms with Gasteiger partial charge in [-0.05, 0) is 17.8 Å². The van der Waals surface area contributed by atoms with E-state index in [-0.39, 0.29) is 0 Å². The van der Waals surface area contributed by atoms with Crippen LogP contribution in [0, 0.1) is 0 Å². The van der Waals surface area contributed by atoms with E-state index in [1.165, 1.54) is 12.6 Å². The van der Waals surface area contributed by atoms with Crippen molar-refractivity contribution in [1.82, 2.24) is 0 Å². The van der Waals surface area contributed by atoms with Gasteiger partial charge in [-0.3, -0.25) is 0 Å². The van der Waals surface area contributed by atoms with Crippen LogP contribution >= 0.6 is 21.9 Å². The molecule has 2 unspecified atom stereocenters. The van der Waals surface area contributed by atoms with E-state index in [0.29, 0.717) is 5.25 Å². The van der Waals surface area contributed by atoms with Crippen LogP contribution in [0.3, 0.4) is 0 Å². The first kappa shape index (κ1) is 6.78. The summed E-state index contributed by atoms with van der Waals surface area (Å²) in [5.74, 6) is 0. The molecule has 6 heavy (non-hydrogen) atoms. The van der Waals surface area contributed by atoms with E-state index in [1.54, 1.807) is 0 Å². The van der Waals surface area contributed by atoms with Crippen molar-refractivity contribution in [2.75, 3.05) is 6.16 Å². The minimum Gasteiger partial charge on any atom is -0.176 e. The van der Waals surface area contributed by atoms with Gasteiger partial charge in [-0.1, -0.05) is 6.92 Å². The lowest BCUT2D eigenvalue weighted by Crippen LogP contribution is -1.88. The predicted octanol–water partition coefficient (Wildman–Crippen LogP) is 1.57. The van der Waals surface area contributed by atoms with Gasteiger partial charge in [0.25, 0.3) is 0 Å². The minimum absolute atomic E-state index is 0.572. The molecule has 0 saturated heterocycles. The van der Waals surface area contributed by atoms with E-state index in [9.17, 15) is 0 Å². The van der Waals surface area contributed by atoms with Gasteiger partial charge in [0.15, 0.2) is 0 Å². The van der Waals surface area contributed by atoms with Crippen LogP contribution in [0.5, 0.6) is 0 Å². The third-order valence-electron chi connectivity index (χ3n) is 0.584. The van der Waals surface area contributed by atoms with Crippen LogP contribution in [-0.4, -0.2) is 11.4 Å². The molecule has 0 N–H and O–H groups in total. The zero-order chi connectivity index (χ0) is 4.99. The molecule has 0 aromatic carbocycles.